The molecule has 6 heteroatoms. The molecule has 1 amide bonds. The lowest BCUT2D eigenvalue weighted by atomic mass is 10.4. The lowest BCUT2D eigenvalue weighted by molar-refractivity contribution is -0.118. The summed E-state index contributed by atoms with van der Waals surface area (Å²) < 4.78 is 23.2. The topological polar surface area (TPSA) is 66.5 Å². The summed E-state index contributed by atoms with van der Waals surface area (Å²) in [7, 11) is -3.05. The van der Waals surface area contributed by atoms with E-state index >= 15 is 0 Å². The molecule has 88 valence electrons. The first-order chi connectivity index (χ1) is 6.99. The normalized spacial score (nSPS) is 17.9. The van der Waals surface area contributed by atoms with Gasteiger partial charge in [-0.15, -0.1) is 0 Å². The van der Waals surface area contributed by atoms with Crippen LogP contribution in [-0.4, -0.2) is 50.5 Å². The van der Waals surface area contributed by atoms with Crippen molar-refractivity contribution in [1.29, 1.82) is 0 Å². The van der Waals surface area contributed by atoms with Crippen molar-refractivity contribution in [2.75, 3.05) is 31.3 Å². The predicted octanol–water partition coefficient (Wildman–Crippen LogP) is -0.409. The van der Waals surface area contributed by atoms with Gasteiger partial charge in [-0.1, -0.05) is 0 Å². The van der Waals surface area contributed by atoms with E-state index in [0.29, 0.717) is 0 Å². The van der Waals surface area contributed by atoms with Crippen LogP contribution in [0.4, 0.5) is 0 Å². The van der Waals surface area contributed by atoms with Crippen LogP contribution in [-0.2, 0) is 14.6 Å². The van der Waals surface area contributed by atoms with Crippen molar-refractivity contribution in [1.82, 2.24) is 10.2 Å². The largest absolute Gasteiger partial charge is 0.355 e. The van der Waals surface area contributed by atoms with Gasteiger partial charge in [-0.25, -0.2) is 8.42 Å². The Labute approximate surface area is 90.7 Å². The number of rotatable bonds is 5. The zero-order valence-electron chi connectivity index (χ0n) is 9.03. The average Bonchev–Trinajstić information content (AvgIpc) is 2.54. The SMILES string of the molecule is CC(=O)NCCS(=O)(=O)CN1CCCC1. The van der Waals surface area contributed by atoms with Gasteiger partial charge in [0.1, 0.15) is 5.88 Å². The van der Waals surface area contributed by atoms with E-state index in [9.17, 15) is 13.2 Å². The summed E-state index contributed by atoms with van der Waals surface area (Å²) in [5.41, 5.74) is 0. The second-order valence-corrected chi connectivity index (χ2v) is 6.04. The zero-order chi connectivity index (χ0) is 11.3. The molecule has 1 fully saturated rings. The summed E-state index contributed by atoms with van der Waals surface area (Å²) in [6, 6.07) is 0. The summed E-state index contributed by atoms with van der Waals surface area (Å²) in [5, 5.41) is 2.49. The fraction of sp³-hybridized carbons (Fsp3) is 0.889. The minimum Gasteiger partial charge on any atom is -0.355 e. The maximum atomic E-state index is 11.6. The average molecular weight is 234 g/mol. The molecule has 1 aliphatic rings. The maximum absolute atomic E-state index is 11.6. The minimum atomic E-state index is -3.05. The van der Waals surface area contributed by atoms with Crippen molar-refractivity contribution in [2.45, 2.75) is 19.8 Å². The van der Waals surface area contributed by atoms with Crippen LogP contribution in [0, 0.1) is 0 Å². The minimum absolute atomic E-state index is 0.0308. The number of likely N-dealkylation sites (tertiary alicyclic amines) is 1. The van der Waals surface area contributed by atoms with E-state index in [1.807, 2.05) is 4.90 Å². The molecule has 0 bridgehead atoms. The van der Waals surface area contributed by atoms with Gasteiger partial charge in [0.15, 0.2) is 9.84 Å². The molecule has 0 aromatic heterocycles. The van der Waals surface area contributed by atoms with Gasteiger partial charge in [0.05, 0.1) is 5.75 Å². The van der Waals surface area contributed by atoms with Crippen molar-refractivity contribution in [2.24, 2.45) is 0 Å². The molecule has 5 nitrogen and oxygen atoms in total. The van der Waals surface area contributed by atoms with Crippen LogP contribution in [0.5, 0.6) is 0 Å². The first-order valence-electron chi connectivity index (χ1n) is 5.17. The fourth-order valence-corrected chi connectivity index (χ4v) is 2.99. The van der Waals surface area contributed by atoms with Crippen LogP contribution in [0.25, 0.3) is 0 Å². The quantitative estimate of drug-likeness (QED) is 0.702. The smallest absolute Gasteiger partial charge is 0.216 e. The highest BCUT2D eigenvalue weighted by Gasteiger charge is 2.19. The number of hydrogen-bond acceptors (Lipinski definition) is 4. The molecule has 1 aliphatic heterocycles. The van der Waals surface area contributed by atoms with Gasteiger partial charge in [-0.2, -0.15) is 0 Å². The molecule has 1 N–H and O–H groups in total. The number of carbonyl (C=O) groups is 1. The van der Waals surface area contributed by atoms with Crippen molar-refractivity contribution in [3.63, 3.8) is 0 Å². The van der Waals surface area contributed by atoms with Crippen LogP contribution < -0.4 is 5.32 Å². The third-order valence-electron chi connectivity index (χ3n) is 2.36. The van der Waals surface area contributed by atoms with Gasteiger partial charge in [-0.3, -0.25) is 9.69 Å². The van der Waals surface area contributed by atoms with Crippen LogP contribution in [0.1, 0.15) is 19.8 Å². The summed E-state index contributed by atoms with van der Waals surface area (Å²) >= 11 is 0. The maximum Gasteiger partial charge on any atom is 0.216 e. The zero-order valence-corrected chi connectivity index (χ0v) is 9.85. The number of sulfone groups is 1. The van der Waals surface area contributed by atoms with Crippen LogP contribution >= 0.6 is 0 Å². The van der Waals surface area contributed by atoms with Crippen LogP contribution in [0.2, 0.25) is 0 Å². The second-order valence-electron chi connectivity index (χ2n) is 3.88. The number of nitrogens with zero attached hydrogens (tertiary/aromatic N) is 1. The highest BCUT2D eigenvalue weighted by atomic mass is 32.2. The molecule has 0 aromatic rings. The number of hydrogen-bond donors (Lipinski definition) is 1. The van der Waals surface area contributed by atoms with Crippen LogP contribution in [0.15, 0.2) is 0 Å². The Morgan fingerprint density at radius 1 is 1.33 bits per heavy atom. The lowest BCUT2D eigenvalue weighted by Crippen LogP contribution is -2.33. The third kappa shape index (κ3) is 5.13. The molecule has 0 atom stereocenters. The molecule has 0 saturated carbocycles. The van der Waals surface area contributed by atoms with E-state index in [1.54, 1.807) is 0 Å². The molecule has 1 heterocycles. The molecule has 0 aromatic carbocycles. The summed E-state index contributed by atoms with van der Waals surface area (Å²) in [6.45, 7) is 3.34. The standard InChI is InChI=1S/C9H18N2O3S/c1-9(12)10-4-7-15(13,14)8-11-5-2-3-6-11/h2-8H2,1H3,(H,10,12). The Bertz CT molecular complexity index is 307. The molecule has 0 unspecified atom stereocenters. The van der Waals surface area contributed by atoms with E-state index in [4.69, 9.17) is 0 Å². The van der Waals surface area contributed by atoms with E-state index in [-0.39, 0.29) is 24.1 Å². The van der Waals surface area contributed by atoms with Gasteiger partial charge >= 0.3 is 0 Å². The Balaban J connectivity index is 2.28. The fourth-order valence-electron chi connectivity index (χ4n) is 1.64. The van der Waals surface area contributed by atoms with Gasteiger partial charge in [0, 0.05) is 13.5 Å². The van der Waals surface area contributed by atoms with Crippen molar-refractivity contribution >= 4 is 15.7 Å². The lowest BCUT2D eigenvalue weighted by Gasteiger charge is -2.14. The van der Waals surface area contributed by atoms with E-state index in [2.05, 4.69) is 5.32 Å². The molecular weight excluding hydrogens is 216 g/mol. The molecule has 0 aliphatic carbocycles. The van der Waals surface area contributed by atoms with Crippen molar-refractivity contribution in [3.05, 3.63) is 0 Å². The third-order valence-corrected chi connectivity index (χ3v) is 3.95. The highest BCUT2D eigenvalue weighted by molar-refractivity contribution is 7.91. The Hall–Kier alpha value is -0.620. The van der Waals surface area contributed by atoms with E-state index in [0.717, 1.165) is 25.9 Å². The first-order valence-corrected chi connectivity index (χ1v) is 6.99. The summed E-state index contributed by atoms with van der Waals surface area (Å²) in [6.07, 6.45) is 2.17. The Morgan fingerprint density at radius 3 is 2.47 bits per heavy atom. The number of carbonyl (C=O) groups excluding carboxylic acids is 1. The molecular formula is C9H18N2O3S. The number of nitrogens with one attached hydrogen (secondary N) is 1. The van der Waals surface area contributed by atoms with Gasteiger partial charge in [0.25, 0.3) is 0 Å². The van der Waals surface area contributed by atoms with Crippen molar-refractivity contribution < 1.29 is 13.2 Å². The van der Waals surface area contributed by atoms with Gasteiger partial charge < -0.3 is 5.32 Å². The Morgan fingerprint density at radius 2 is 1.93 bits per heavy atom. The van der Waals surface area contributed by atoms with Crippen LogP contribution in [0.3, 0.4) is 0 Å². The predicted molar refractivity (Wildman–Crippen MR) is 58.1 cm³/mol. The molecule has 0 radical (unpaired) electrons. The summed E-state index contributed by atoms with van der Waals surface area (Å²) in [5.74, 6) is -0.0262. The molecule has 1 rings (SSSR count). The second kappa shape index (κ2) is 5.46. The molecule has 15 heavy (non-hydrogen) atoms. The van der Waals surface area contributed by atoms with E-state index < -0.39 is 9.84 Å². The summed E-state index contributed by atoms with van der Waals surface area (Å²) in [4.78, 5) is 12.5. The molecule has 0 spiro atoms. The monoisotopic (exact) mass is 234 g/mol. The van der Waals surface area contributed by atoms with E-state index in [1.165, 1.54) is 6.92 Å². The number of amides is 1. The van der Waals surface area contributed by atoms with Crippen molar-refractivity contribution in [3.8, 4) is 0 Å². The Kier molecular flexibility index (Phi) is 4.53. The highest BCUT2D eigenvalue weighted by Crippen LogP contribution is 2.08. The van der Waals surface area contributed by atoms with Gasteiger partial charge in [0.2, 0.25) is 5.91 Å². The molecule has 1 saturated heterocycles. The van der Waals surface area contributed by atoms with Gasteiger partial charge in [-0.05, 0) is 25.9 Å². The first kappa shape index (κ1) is 12.4.